The summed E-state index contributed by atoms with van der Waals surface area (Å²) in [5, 5.41) is 13.9. The van der Waals surface area contributed by atoms with E-state index >= 15 is 0 Å². The zero-order valence-corrected chi connectivity index (χ0v) is 21.9. The maximum Gasteiger partial charge on any atom is 0.416 e. The molecule has 2 fully saturated rings. The summed E-state index contributed by atoms with van der Waals surface area (Å²) in [7, 11) is 0. The molecular weight excluding hydrogens is 533 g/mol. The summed E-state index contributed by atoms with van der Waals surface area (Å²) in [4.78, 5) is 30.9. The molecule has 0 radical (unpaired) electrons. The van der Waals surface area contributed by atoms with Gasteiger partial charge in [-0.2, -0.15) is 13.2 Å². The second kappa shape index (κ2) is 10.4. The summed E-state index contributed by atoms with van der Waals surface area (Å²) in [6, 6.07) is 10.2. The van der Waals surface area contributed by atoms with Crippen LogP contribution in [0, 0.1) is 6.92 Å². The highest BCUT2D eigenvalue weighted by Crippen LogP contribution is 2.34. The van der Waals surface area contributed by atoms with Crippen molar-refractivity contribution in [3.8, 4) is 0 Å². The van der Waals surface area contributed by atoms with Gasteiger partial charge < -0.3 is 19.9 Å². The van der Waals surface area contributed by atoms with E-state index in [1.807, 2.05) is 19.1 Å². The molecule has 0 saturated carbocycles. The predicted molar refractivity (Wildman–Crippen MR) is 141 cm³/mol. The quantitative estimate of drug-likeness (QED) is 0.547. The molecule has 5 rings (SSSR count). The maximum atomic E-state index is 13.1. The van der Waals surface area contributed by atoms with Crippen molar-refractivity contribution in [2.45, 2.75) is 44.0 Å². The lowest BCUT2D eigenvalue weighted by Gasteiger charge is -2.34. The van der Waals surface area contributed by atoms with E-state index < -0.39 is 34.7 Å². The van der Waals surface area contributed by atoms with E-state index in [0.29, 0.717) is 18.8 Å². The van der Waals surface area contributed by atoms with Crippen LogP contribution in [0.15, 0.2) is 52.9 Å². The van der Waals surface area contributed by atoms with E-state index in [1.165, 1.54) is 12.1 Å². The number of amidine groups is 1. The summed E-state index contributed by atoms with van der Waals surface area (Å²) in [6.45, 7) is 2.78. The zero-order valence-electron chi connectivity index (χ0n) is 21.1. The van der Waals surface area contributed by atoms with E-state index in [-0.39, 0.29) is 49.0 Å². The number of anilines is 1. The number of aryl methyl sites for hydroxylation is 1. The number of benzene rings is 2. The highest BCUT2D eigenvalue weighted by atomic mass is 32.2. The third-order valence-electron chi connectivity index (χ3n) is 7.28. The molecule has 1 unspecified atom stereocenters. The SMILES string of the molecule is Cc1cc(N2C[C@H](O)CC2=O)ccc1/C=C/[S+]([O-])N1CCC2(CC1)N=C(c1cccc(C(F)(F)F)c1)NC2=O. The Kier molecular flexibility index (Phi) is 7.31. The van der Waals surface area contributed by atoms with Gasteiger partial charge in [-0.25, -0.2) is 0 Å². The monoisotopic (exact) mass is 560 g/mol. The average Bonchev–Trinajstić information content (AvgIpc) is 3.40. The molecule has 3 heterocycles. The summed E-state index contributed by atoms with van der Waals surface area (Å²) in [5.41, 5.74) is 0.693. The second-order valence-corrected chi connectivity index (χ2v) is 11.3. The molecular formula is C27H27F3N4O4S. The largest absolute Gasteiger partial charge is 0.593 e. The average molecular weight is 561 g/mol. The number of hydrogen-bond acceptors (Lipinski definition) is 6. The minimum Gasteiger partial charge on any atom is -0.593 e. The van der Waals surface area contributed by atoms with Crippen molar-refractivity contribution in [1.82, 2.24) is 9.62 Å². The number of nitrogens with zero attached hydrogens (tertiary/aromatic N) is 3. The number of aliphatic hydroxyl groups is 1. The Morgan fingerprint density at radius 2 is 1.92 bits per heavy atom. The Morgan fingerprint density at radius 1 is 1.18 bits per heavy atom. The molecule has 0 aromatic heterocycles. The van der Waals surface area contributed by atoms with Crippen molar-refractivity contribution in [2.75, 3.05) is 24.5 Å². The van der Waals surface area contributed by atoms with Crippen LogP contribution in [0.4, 0.5) is 18.9 Å². The van der Waals surface area contributed by atoms with E-state index in [4.69, 9.17) is 0 Å². The smallest absolute Gasteiger partial charge is 0.416 e. The zero-order chi connectivity index (χ0) is 27.9. The van der Waals surface area contributed by atoms with Crippen LogP contribution in [0.25, 0.3) is 6.08 Å². The summed E-state index contributed by atoms with van der Waals surface area (Å²) >= 11 is -1.47. The number of nitrogens with one attached hydrogen (secondary N) is 1. The highest BCUT2D eigenvalue weighted by molar-refractivity contribution is 7.92. The first kappa shape index (κ1) is 27.4. The van der Waals surface area contributed by atoms with Gasteiger partial charge >= 0.3 is 6.18 Å². The van der Waals surface area contributed by atoms with Crippen molar-refractivity contribution >= 4 is 40.8 Å². The Hall–Kier alpha value is -3.19. The molecule has 0 bridgehead atoms. The van der Waals surface area contributed by atoms with E-state index in [0.717, 1.165) is 23.3 Å². The maximum absolute atomic E-state index is 13.1. The van der Waals surface area contributed by atoms with E-state index in [1.54, 1.807) is 26.8 Å². The third-order valence-corrected chi connectivity index (χ3v) is 8.52. The molecule has 12 heteroatoms. The number of alkyl halides is 3. The first-order chi connectivity index (χ1) is 18.4. The van der Waals surface area contributed by atoms with Crippen LogP contribution in [0.3, 0.4) is 0 Å². The number of amides is 2. The number of hydrogen-bond donors (Lipinski definition) is 2. The van der Waals surface area contributed by atoms with E-state index in [2.05, 4.69) is 10.3 Å². The molecule has 8 nitrogen and oxygen atoms in total. The first-order valence-electron chi connectivity index (χ1n) is 12.5. The van der Waals surface area contributed by atoms with Crippen molar-refractivity contribution in [3.05, 3.63) is 70.1 Å². The molecule has 2 saturated heterocycles. The van der Waals surface area contributed by atoms with Crippen molar-refractivity contribution in [2.24, 2.45) is 4.99 Å². The standard InChI is InChI=1S/C27H27F3N4O4S/c1-17-13-21(34-16-22(35)15-23(34)36)6-5-18(17)7-12-39(38)33-10-8-26(9-11-33)25(37)31-24(32-26)19-3-2-4-20(14-19)27(28,29)30/h2-7,12-14,22,35H,8-11,15-16H2,1H3,(H,31,32,37)/b12-7+/t22-,39?/m1/s1. The fraction of sp³-hybridized carbons (Fsp3) is 0.370. The number of aliphatic hydroxyl groups excluding tert-OH is 1. The van der Waals surface area contributed by atoms with Crippen molar-refractivity contribution < 1.29 is 32.4 Å². The van der Waals surface area contributed by atoms with Gasteiger partial charge in [0.2, 0.25) is 5.91 Å². The van der Waals surface area contributed by atoms with Gasteiger partial charge in [-0.15, -0.1) is 4.31 Å². The minimum atomic E-state index is -4.50. The van der Waals surface area contributed by atoms with Gasteiger partial charge in [-0.3, -0.25) is 14.6 Å². The van der Waals surface area contributed by atoms with Gasteiger partial charge in [0, 0.05) is 24.3 Å². The lowest BCUT2D eigenvalue weighted by atomic mass is 9.89. The molecule has 3 aliphatic heterocycles. The molecule has 39 heavy (non-hydrogen) atoms. The predicted octanol–water partition coefficient (Wildman–Crippen LogP) is 3.16. The number of piperidine rings is 1. The van der Waals surface area contributed by atoms with Crippen LogP contribution in [0.2, 0.25) is 0 Å². The summed E-state index contributed by atoms with van der Waals surface area (Å²) in [5.74, 6) is -0.378. The van der Waals surface area contributed by atoms with Crippen LogP contribution < -0.4 is 10.2 Å². The molecule has 2 aromatic rings. The topological polar surface area (TPSA) is 108 Å². The number of carbonyl (C=O) groups is 2. The molecule has 206 valence electrons. The number of β-amino-alcohol motifs (C(OH)–C–C–N with tert-alkyl or cyclic N) is 1. The number of rotatable bonds is 5. The molecule has 0 aliphatic carbocycles. The van der Waals surface area contributed by atoms with E-state index in [9.17, 15) is 32.4 Å². The normalized spacial score (nSPS) is 22.6. The van der Waals surface area contributed by atoms with Crippen molar-refractivity contribution in [1.29, 1.82) is 0 Å². The third kappa shape index (κ3) is 5.60. The fourth-order valence-corrected chi connectivity index (χ4v) is 6.02. The Morgan fingerprint density at radius 3 is 2.56 bits per heavy atom. The van der Waals surface area contributed by atoms with Gasteiger partial charge in [-0.05, 0) is 61.2 Å². The van der Waals surface area contributed by atoms with Crippen LogP contribution >= 0.6 is 0 Å². The number of aliphatic imine (C=N–C) groups is 1. The minimum absolute atomic E-state index is 0.107. The molecule has 2 atom stereocenters. The Labute approximate surface area is 226 Å². The molecule has 1 spiro atoms. The van der Waals surface area contributed by atoms with Gasteiger partial charge in [0.15, 0.2) is 0 Å². The van der Waals surface area contributed by atoms with Crippen LogP contribution in [0.5, 0.6) is 0 Å². The van der Waals surface area contributed by atoms with Gasteiger partial charge in [-0.1, -0.05) is 18.2 Å². The summed E-state index contributed by atoms with van der Waals surface area (Å²) < 4.78 is 54.0. The van der Waals surface area contributed by atoms with Crippen LogP contribution in [0.1, 0.15) is 41.5 Å². The number of carbonyl (C=O) groups excluding carboxylic acids is 2. The number of halogens is 3. The van der Waals surface area contributed by atoms with Crippen LogP contribution in [-0.4, -0.2) is 62.9 Å². The van der Waals surface area contributed by atoms with Gasteiger partial charge in [0.05, 0.1) is 36.0 Å². The van der Waals surface area contributed by atoms with Crippen LogP contribution in [-0.2, 0) is 27.1 Å². The molecule has 2 aromatic carbocycles. The van der Waals surface area contributed by atoms with Crippen molar-refractivity contribution in [3.63, 3.8) is 0 Å². The molecule has 2 N–H and O–H groups in total. The second-order valence-electron chi connectivity index (χ2n) is 9.94. The van der Waals surface area contributed by atoms with Gasteiger partial charge in [0.1, 0.15) is 16.8 Å². The fourth-order valence-electron chi connectivity index (χ4n) is 5.04. The lowest BCUT2D eigenvalue weighted by molar-refractivity contribution is -0.137. The van der Waals surface area contributed by atoms with Gasteiger partial charge in [0.25, 0.3) is 5.91 Å². The molecule has 2 amide bonds. The Balaban J connectivity index is 1.22. The Bertz CT molecular complexity index is 1350. The lowest BCUT2D eigenvalue weighted by Crippen LogP contribution is -2.50. The first-order valence-corrected chi connectivity index (χ1v) is 13.6. The summed E-state index contributed by atoms with van der Waals surface area (Å²) in [6.07, 6.45) is -2.76. The molecule has 3 aliphatic rings. The highest BCUT2D eigenvalue weighted by Gasteiger charge is 2.47.